The fraction of sp³-hybridized carbons (Fsp3) is 0.364. The zero-order valence-corrected chi connectivity index (χ0v) is 16.7. The molecular formula is C22H27N3O4. The first-order chi connectivity index (χ1) is 14.1. The van der Waals surface area contributed by atoms with Gasteiger partial charge in [0.1, 0.15) is 5.75 Å². The van der Waals surface area contributed by atoms with E-state index in [0.717, 1.165) is 28.5 Å². The second-order valence-corrected chi connectivity index (χ2v) is 6.76. The molecule has 2 heterocycles. The van der Waals surface area contributed by atoms with Gasteiger partial charge in [0.2, 0.25) is 0 Å². The van der Waals surface area contributed by atoms with Gasteiger partial charge in [0.25, 0.3) is 0 Å². The van der Waals surface area contributed by atoms with Gasteiger partial charge in [0.15, 0.2) is 6.10 Å². The number of rotatable bonds is 10. The van der Waals surface area contributed by atoms with Crippen LogP contribution in [0.4, 0.5) is 0 Å². The second kappa shape index (κ2) is 10.0. The van der Waals surface area contributed by atoms with Gasteiger partial charge >= 0.3 is 5.97 Å². The van der Waals surface area contributed by atoms with Crippen LogP contribution >= 0.6 is 0 Å². The quantitative estimate of drug-likeness (QED) is 0.360. The molecular weight excluding hydrogens is 370 g/mol. The average molecular weight is 397 g/mol. The molecule has 0 spiro atoms. The lowest BCUT2D eigenvalue weighted by atomic mass is 10.1. The zero-order chi connectivity index (χ0) is 20.6. The number of aromatic amines is 1. The van der Waals surface area contributed by atoms with Crippen molar-refractivity contribution in [2.24, 2.45) is 0 Å². The molecule has 0 aliphatic carbocycles. The third-order valence-electron chi connectivity index (χ3n) is 4.66. The van der Waals surface area contributed by atoms with Crippen LogP contribution in [0.2, 0.25) is 0 Å². The molecule has 3 aromatic rings. The number of fused-ring (bicyclic) bond motifs is 1. The minimum absolute atomic E-state index is 0.325. The topological polar surface area (TPSA) is 96.5 Å². The van der Waals surface area contributed by atoms with Gasteiger partial charge in [-0.25, -0.2) is 4.79 Å². The van der Waals surface area contributed by atoms with Crippen molar-refractivity contribution < 1.29 is 19.4 Å². The highest BCUT2D eigenvalue weighted by atomic mass is 16.6. The van der Waals surface area contributed by atoms with E-state index in [4.69, 9.17) is 9.47 Å². The molecule has 3 N–H and O–H groups in total. The van der Waals surface area contributed by atoms with Crippen LogP contribution in [0.1, 0.15) is 31.1 Å². The highest BCUT2D eigenvalue weighted by Gasteiger charge is 2.18. The number of ether oxygens (including phenoxy) is 2. The summed E-state index contributed by atoms with van der Waals surface area (Å²) in [5.74, 6) is 0.238. The van der Waals surface area contributed by atoms with Crippen LogP contribution in [-0.2, 0) is 16.0 Å². The standard InChI is InChI=1S/C22H27N3O4/c1-3-28-22(27)15(2)29-20-8-4-7-18-16(13-25-21(18)20)9-11-24-14-19(26)17-6-5-10-23-12-17/h4-8,10,12-13,15,19,24-26H,3,9,11,14H2,1-2H3. The summed E-state index contributed by atoms with van der Waals surface area (Å²) in [5, 5.41) is 14.5. The number of aromatic nitrogens is 2. The van der Waals surface area contributed by atoms with Gasteiger partial charge < -0.3 is 24.9 Å². The summed E-state index contributed by atoms with van der Waals surface area (Å²) in [5.41, 5.74) is 2.79. The number of carbonyl (C=O) groups is 1. The lowest BCUT2D eigenvalue weighted by Crippen LogP contribution is -2.26. The van der Waals surface area contributed by atoms with E-state index in [0.29, 0.717) is 25.4 Å². The van der Waals surface area contributed by atoms with Crippen LogP contribution in [0.3, 0.4) is 0 Å². The number of nitrogens with zero attached hydrogens (tertiary/aromatic N) is 1. The van der Waals surface area contributed by atoms with Crippen LogP contribution in [-0.4, -0.2) is 46.8 Å². The van der Waals surface area contributed by atoms with Gasteiger partial charge in [-0.2, -0.15) is 0 Å². The van der Waals surface area contributed by atoms with Crippen molar-refractivity contribution in [1.82, 2.24) is 15.3 Å². The third kappa shape index (κ3) is 5.34. The molecule has 0 aliphatic heterocycles. The predicted molar refractivity (Wildman–Crippen MR) is 111 cm³/mol. The fourth-order valence-corrected chi connectivity index (χ4v) is 3.14. The Hall–Kier alpha value is -2.90. The molecule has 2 unspecified atom stereocenters. The van der Waals surface area contributed by atoms with Crippen LogP contribution in [0, 0.1) is 0 Å². The smallest absolute Gasteiger partial charge is 0.347 e. The Morgan fingerprint density at radius 3 is 2.93 bits per heavy atom. The number of pyridine rings is 1. The Labute approximate surface area is 170 Å². The van der Waals surface area contributed by atoms with Crippen molar-refractivity contribution in [2.45, 2.75) is 32.5 Å². The van der Waals surface area contributed by atoms with Crippen LogP contribution < -0.4 is 10.1 Å². The van der Waals surface area contributed by atoms with E-state index in [1.165, 1.54) is 0 Å². The number of hydrogen-bond acceptors (Lipinski definition) is 6. The molecule has 7 heteroatoms. The number of aliphatic hydroxyl groups is 1. The predicted octanol–water partition coefficient (Wildman–Crippen LogP) is 2.76. The number of carbonyl (C=O) groups excluding carboxylic acids is 1. The summed E-state index contributed by atoms with van der Waals surface area (Å²) in [6, 6.07) is 9.44. The van der Waals surface area contributed by atoms with Crippen molar-refractivity contribution in [3.63, 3.8) is 0 Å². The first-order valence-corrected chi connectivity index (χ1v) is 9.81. The molecule has 154 valence electrons. The monoisotopic (exact) mass is 397 g/mol. The lowest BCUT2D eigenvalue weighted by molar-refractivity contribution is -0.150. The second-order valence-electron chi connectivity index (χ2n) is 6.76. The molecule has 0 saturated carbocycles. The molecule has 0 bridgehead atoms. The Balaban J connectivity index is 1.58. The molecule has 7 nitrogen and oxygen atoms in total. The largest absolute Gasteiger partial charge is 0.477 e. The normalized spacial score (nSPS) is 13.2. The third-order valence-corrected chi connectivity index (χ3v) is 4.66. The van der Waals surface area contributed by atoms with E-state index >= 15 is 0 Å². The zero-order valence-electron chi connectivity index (χ0n) is 16.7. The Kier molecular flexibility index (Phi) is 7.21. The van der Waals surface area contributed by atoms with E-state index < -0.39 is 12.2 Å². The van der Waals surface area contributed by atoms with Crippen molar-refractivity contribution in [3.05, 3.63) is 60.0 Å². The maximum atomic E-state index is 11.8. The Morgan fingerprint density at radius 2 is 2.17 bits per heavy atom. The number of H-pyrrole nitrogens is 1. The van der Waals surface area contributed by atoms with Gasteiger partial charge in [-0.05, 0) is 44.5 Å². The summed E-state index contributed by atoms with van der Waals surface area (Å²) in [4.78, 5) is 19.1. The minimum Gasteiger partial charge on any atom is -0.477 e. The molecule has 0 saturated heterocycles. The van der Waals surface area contributed by atoms with Crippen LogP contribution in [0.5, 0.6) is 5.75 Å². The molecule has 0 fully saturated rings. The number of para-hydroxylation sites is 1. The van der Waals surface area contributed by atoms with Crippen molar-refractivity contribution in [1.29, 1.82) is 0 Å². The molecule has 0 radical (unpaired) electrons. The fourth-order valence-electron chi connectivity index (χ4n) is 3.14. The molecule has 0 aliphatic rings. The average Bonchev–Trinajstić information content (AvgIpc) is 3.16. The van der Waals surface area contributed by atoms with Crippen LogP contribution in [0.25, 0.3) is 10.9 Å². The summed E-state index contributed by atoms with van der Waals surface area (Å²) < 4.78 is 10.8. The highest BCUT2D eigenvalue weighted by Crippen LogP contribution is 2.28. The summed E-state index contributed by atoms with van der Waals surface area (Å²) in [7, 11) is 0. The molecule has 2 atom stereocenters. The van der Waals surface area contributed by atoms with Crippen molar-refractivity contribution in [3.8, 4) is 5.75 Å². The maximum Gasteiger partial charge on any atom is 0.347 e. The minimum atomic E-state index is -0.678. The number of aliphatic hydroxyl groups excluding tert-OH is 1. The van der Waals surface area contributed by atoms with Gasteiger partial charge in [-0.3, -0.25) is 4.98 Å². The van der Waals surface area contributed by atoms with Crippen molar-refractivity contribution >= 4 is 16.9 Å². The molecule has 29 heavy (non-hydrogen) atoms. The van der Waals surface area contributed by atoms with Gasteiger partial charge in [-0.1, -0.05) is 18.2 Å². The van der Waals surface area contributed by atoms with Crippen LogP contribution in [0.15, 0.2) is 48.9 Å². The highest BCUT2D eigenvalue weighted by molar-refractivity contribution is 5.88. The van der Waals surface area contributed by atoms with Gasteiger partial charge in [0, 0.05) is 36.1 Å². The Bertz CT molecular complexity index is 926. The van der Waals surface area contributed by atoms with E-state index in [1.54, 1.807) is 26.2 Å². The molecule has 1 aromatic carbocycles. The number of hydrogen-bond donors (Lipinski definition) is 3. The molecule has 2 aromatic heterocycles. The summed E-state index contributed by atoms with van der Waals surface area (Å²) in [6.45, 7) is 4.95. The summed E-state index contributed by atoms with van der Waals surface area (Å²) in [6.07, 6.45) is 4.83. The van der Waals surface area contributed by atoms with E-state index in [-0.39, 0.29) is 5.97 Å². The SMILES string of the molecule is CCOC(=O)C(C)Oc1cccc2c(CCNCC(O)c3cccnc3)c[nH]c12. The Morgan fingerprint density at radius 1 is 1.31 bits per heavy atom. The van der Waals surface area contributed by atoms with Gasteiger partial charge in [-0.15, -0.1) is 0 Å². The number of benzene rings is 1. The van der Waals surface area contributed by atoms with E-state index in [9.17, 15) is 9.90 Å². The lowest BCUT2D eigenvalue weighted by Gasteiger charge is -2.14. The first kappa shape index (κ1) is 20.8. The number of nitrogens with one attached hydrogen (secondary N) is 2. The van der Waals surface area contributed by atoms with Crippen molar-refractivity contribution in [2.75, 3.05) is 19.7 Å². The molecule has 3 rings (SSSR count). The first-order valence-electron chi connectivity index (χ1n) is 9.81. The van der Waals surface area contributed by atoms with E-state index in [1.807, 2.05) is 36.5 Å². The molecule has 0 amide bonds. The summed E-state index contributed by atoms with van der Waals surface area (Å²) >= 11 is 0. The van der Waals surface area contributed by atoms with E-state index in [2.05, 4.69) is 15.3 Å². The van der Waals surface area contributed by atoms with Gasteiger partial charge in [0.05, 0.1) is 18.2 Å². The maximum absolute atomic E-state index is 11.8. The number of esters is 1.